The van der Waals surface area contributed by atoms with E-state index in [1.807, 2.05) is 6.07 Å². The molecule has 3 aromatic rings. The van der Waals surface area contributed by atoms with Crippen LogP contribution in [0.1, 0.15) is 11.1 Å². The molecule has 1 amide bonds. The molecular weight excluding hydrogens is 498 g/mol. The first kappa shape index (κ1) is 23.6. The van der Waals surface area contributed by atoms with Gasteiger partial charge in [-0.05, 0) is 48.7 Å². The van der Waals surface area contributed by atoms with Crippen LogP contribution in [0, 0.1) is 17.0 Å². The molecular formula is C22H20BrN3O5S. The van der Waals surface area contributed by atoms with Crippen molar-refractivity contribution in [3.63, 3.8) is 0 Å². The number of benzene rings is 3. The van der Waals surface area contributed by atoms with E-state index in [1.165, 1.54) is 30.3 Å². The van der Waals surface area contributed by atoms with Gasteiger partial charge < -0.3 is 5.32 Å². The minimum atomic E-state index is -4.01. The number of rotatable bonds is 8. The van der Waals surface area contributed by atoms with Gasteiger partial charge in [0.2, 0.25) is 15.9 Å². The van der Waals surface area contributed by atoms with Gasteiger partial charge in [-0.25, -0.2) is 8.42 Å². The van der Waals surface area contributed by atoms with Crippen LogP contribution in [0.4, 0.5) is 11.4 Å². The Morgan fingerprint density at radius 2 is 1.72 bits per heavy atom. The maximum absolute atomic E-state index is 13.1. The average molecular weight is 518 g/mol. The Balaban J connectivity index is 1.90. The summed E-state index contributed by atoms with van der Waals surface area (Å²) in [4.78, 5) is 23.6. The van der Waals surface area contributed by atoms with E-state index >= 15 is 0 Å². The molecule has 32 heavy (non-hydrogen) atoms. The van der Waals surface area contributed by atoms with Gasteiger partial charge >= 0.3 is 0 Å². The zero-order valence-electron chi connectivity index (χ0n) is 17.0. The number of amides is 1. The van der Waals surface area contributed by atoms with Crippen LogP contribution in [-0.4, -0.2) is 25.3 Å². The van der Waals surface area contributed by atoms with E-state index in [0.29, 0.717) is 5.56 Å². The first-order valence-electron chi connectivity index (χ1n) is 9.53. The van der Waals surface area contributed by atoms with Gasteiger partial charge in [0, 0.05) is 16.6 Å². The highest BCUT2D eigenvalue weighted by molar-refractivity contribution is 9.10. The molecule has 0 heterocycles. The quantitative estimate of drug-likeness (QED) is 0.343. The molecule has 0 aromatic heterocycles. The number of hydrogen-bond acceptors (Lipinski definition) is 5. The lowest BCUT2D eigenvalue weighted by molar-refractivity contribution is -0.384. The molecule has 0 radical (unpaired) electrons. The molecule has 0 saturated heterocycles. The lowest BCUT2D eigenvalue weighted by Gasteiger charge is -2.19. The summed E-state index contributed by atoms with van der Waals surface area (Å²) in [6, 6.07) is 18.0. The fourth-order valence-electron chi connectivity index (χ4n) is 2.98. The Kier molecular flexibility index (Phi) is 7.39. The maximum atomic E-state index is 13.1. The van der Waals surface area contributed by atoms with Crippen molar-refractivity contribution in [3.8, 4) is 0 Å². The van der Waals surface area contributed by atoms with E-state index < -0.39 is 26.9 Å². The lowest BCUT2D eigenvalue weighted by atomic mass is 10.1. The molecule has 10 heteroatoms. The summed E-state index contributed by atoms with van der Waals surface area (Å²) in [6.45, 7) is 1.69. The van der Waals surface area contributed by atoms with Gasteiger partial charge in [0.25, 0.3) is 5.69 Å². The van der Waals surface area contributed by atoms with E-state index in [-0.39, 0.29) is 22.7 Å². The maximum Gasteiger partial charge on any atom is 0.271 e. The smallest absolute Gasteiger partial charge is 0.271 e. The van der Waals surface area contributed by atoms with Crippen molar-refractivity contribution in [2.24, 2.45) is 0 Å². The number of nitro groups is 1. The molecule has 3 rings (SSSR count). The highest BCUT2D eigenvalue weighted by Gasteiger charge is 2.27. The topological polar surface area (TPSA) is 118 Å². The second-order valence-corrected chi connectivity index (χ2v) is 9.69. The van der Waals surface area contributed by atoms with Gasteiger partial charge in [-0.2, -0.15) is 4.72 Å². The van der Waals surface area contributed by atoms with E-state index in [4.69, 9.17) is 0 Å². The fraction of sp³-hybridized carbons (Fsp3) is 0.136. The number of sulfonamides is 1. The fourth-order valence-corrected chi connectivity index (χ4v) is 4.44. The number of non-ortho nitro benzene ring substituents is 1. The molecule has 0 spiro atoms. The van der Waals surface area contributed by atoms with Crippen LogP contribution in [0.25, 0.3) is 0 Å². The van der Waals surface area contributed by atoms with Crippen LogP contribution in [0.3, 0.4) is 0 Å². The van der Waals surface area contributed by atoms with Gasteiger partial charge in [-0.3, -0.25) is 14.9 Å². The summed E-state index contributed by atoms with van der Waals surface area (Å²) in [6.07, 6.45) is 0.0937. The molecule has 0 unspecified atom stereocenters. The standard InChI is InChI=1S/C22H20BrN3O5S/c1-15-7-10-18(26(28)29)14-20(15)24-22(27)21(13-16-5-3-2-4-6-16)25-32(30,31)19-11-8-17(23)9-12-19/h2-12,14,21,25H,13H2,1H3,(H,24,27)/t21-/m1/s1. The van der Waals surface area contributed by atoms with Crippen molar-refractivity contribution in [3.05, 3.63) is 98.5 Å². The van der Waals surface area contributed by atoms with Crippen LogP contribution >= 0.6 is 15.9 Å². The Labute approximate surface area is 194 Å². The molecule has 0 bridgehead atoms. The number of nitrogens with zero attached hydrogens (tertiary/aromatic N) is 1. The number of carbonyl (C=O) groups excluding carboxylic acids is 1. The molecule has 0 aliphatic carbocycles. The van der Waals surface area contributed by atoms with Crippen molar-refractivity contribution in [1.29, 1.82) is 0 Å². The summed E-state index contributed by atoms with van der Waals surface area (Å²) in [5.74, 6) is -0.627. The number of carbonyl (C=O) groups is 1. The minimum absolute atomic E-state index is 0.0121. The minimum Gasteiger partial charge on any atom is -0.324 e. The molecule has 1 atom stereocenters. The van der Waals surface area contributed by atoms with E-state index in [9.17, 15) is 23.3 Å². The number of nitrogens with one attached hydrogen (secondary N) is 2. The van der Waals surface area contributed by atoms with E-state index in [1.54, 1.807) is 43.3 Å². The van der Waals surface area contributed by atoms with Gasteiger partial charge in [-0.15, -0.1) is 0 Å². The number of halogens is 1. The lowest BCUT2D eigenvalue weighted by Crippen LogP contribution is -2.45. The third-order valence-corrected chi connectivity index (χ3v) is 6.73. The molecule has 0 aliphatic heterocycles. The molecule has 8 nitrogen and oxygen atoms in total. The van der Waals surface area contributed by atoms with Crippen molar-refractivity contribution >= 4 is 43.2 Å². The largest absolute Gasteiger partial charge is 0.324 e. The van der Waals surface area contributed by atoms with E-state index in [2.05, 4.69) is 26.0 Å². The molecule has 166 valence electrons. The summed E-state index contributed by atoms with van der Waals surface area (Å²) in [7, 11) is -4.01. The molecule has 2 N–H and O–H groups in total. The zero-order valence-corrected chi connectivity index (χ0v) is 19.4. The summed E-state index contributed by atoms with van der Waals surface area (Å²) in [5, 5.41) is 13.7. The highest BCUT2D eigenvalue weighted by Crippen LogP contribution is 2.23. The van der Waals surface area contributed by atoms with Crippen LogP contribution in [0.15, 0.2) is 82.2 Å². The van der Waals surface area contributed by atoms with Crippen molar-refractivity contribution in [2.45, 2.75) is 24.3 Å². The number of anilines is 1. The Hall–Kier alpha value is -3.08. The van der Waals surface area contributed by atoms with Gasteiger partial charge in [0.05, 0.1) is 15.5 Å². The number of hydrogen-bond donors (Lipinski definition) is 2. The van der Waals surface area contributed by atoms with Crippen LogP contribution in [-0.2, 0) is 21.2 Å². The average Bonchev–Trinajstić information content (AvgIpc) is 2.75. The normalized spacial score (nSPS) is 12.2. The van der Waals surface area contributed by atoms with Crippen molar-refractivity contribution < 1.29 is 18.1 Å². The summed E-state index contributed by atoms with van der Waals surface area (Å²) in [5.41, 5.74) is 1.42. The Bertz CT molecular complexity index is 1230. The first-order chi connectivity index (χ1) is 15.2. The molecule has 0 aliphatic rings. The van der Waals surface area contributed by atoms with Gasteiger partial charge in [0.1, 0.15) is 6.04 Å². The SMILES string of the molecule is Cc1ccc([N+](=O)[O-])cc1NC(=O)[C@@H](Cc1ccccc1)NS(=O)(=O)c1ccc(Br)cc1. The van der Waals surface area contributed by atoms with Crippen LogP contribution in [0.2, 0.25) is 0 Å². The first-order valence-corrected chi connectivity index (χ1v) is 11.8. The molecule has 0 fully saturated rings. The van der Waals surface area contributed by atoms with Crippen LogP contribution in [0.5, 0.6) is 0 Å². The highest BCUT2D eigenvalue weighted by atomic mass is 79.9. The number of nitro benzene ring substituents is 1. The predicted octanol–water partition coefficient (Wildman–Crippen LogP) is 4.19. The van der Waals surface area contributed by atoms with Crippen LogP contribution < -0.4 is 10.0 Å². The summed E-state index contributed by atoms with van der Waals surface area (Å²) >= 11 is 3.26. The third kappa shape index (κ3) is 6.00. The van der Waals surface area contributed by atoms with Crippen molar-refractivity contribution in [2.75, 3.05) is 5.32 Å². The monoisotopic (exact) mass is 517 g/mol. The second kappa shape index (κ2) is 10.0. The third-order valence-electron chi connectivity index (χ3n) is 4.71. The van der Waals surface area contributed by atoms with Gasteiger partial charge in [-0.1, -0.05) is 52.3 Å². The Morgan fingerprint density at radius 3 is 2.34 bits per heavy atom. The summed E-state index contributed by atoms with van der Waals surface area (Å²) < 4.78 is 29.0. The molecule has 0 saturated carbocycles. The van der Waals surface area contributed by atoms with Gasteiger partial charge in [0.15, 0.2) is 0 Å². The van der Waals surface area contributed by atoms with Crippen molar-refractivity contribution in [1.82, 2.24) is 4.72 Å². The molecule has 3 aromatic carbocycles. The second-order valence-electron chi connectivity index (χ2n) is 7.06. The van der Waals surface area contributed by atoms with E-state index in [0.717, 1.165) is 10.0 Å². The Morgan fingerprint density at radius 1 is 1.06 bits per heavy atom. The number of aryl methyl sites for hydroxylation is 1. The predicted molar refractivity (Wildman–Crippen MR) is 125 cm³/mol. The zero-order chi connectivity index (χ0) is 23.3.